The lowest BCUT2D eigenvalue weighted by atomic mass is 9.97. The van der Waals surface area contributed by atoms with Crippen LogP contribution >= 0.6 is 0 Å². The van der Waals surface area contributed by atoms with Crippen LogP contribution in [0.3, 0.4) is 0 Å². The van der Waals surface area contributed by atoms with Crippen molar-refractivity contribution in [1.82, 2.24) is 10.2 Å². The minimum absolute atomic E-state index is 0.263. The van der Waals surface area contributed by atoms with Crippen LogP contribution in [0.15, 0.2) is 0 Å². The first kappa shape index (κ1) is 12.5. The minimum Gasteiger partial charge on any atom is -0.481 e. The number of carboxylic acid groups (broad SMARTS) is 1. The Labute approximate surface area is 91.6 Å². The van der Waals surface area contributed by atoms with Gasteiger partial charge in [-0.2, -0.15) is 0 Å². The summed E-state index contributed by atoms with van der Waals surface area (Å²) in [5, 5.41) is 12.0. The third kappa shape index (κ3) is 5.14. The summed E-state index contributed by atoms with van der Waals surface area (Å²) in [6, 6.07) is 0. The van der Waals surface area contributed by atoms with Gasteiger partial charge in [-0.1, -0.05) is 6.92 Å². The van der Waals surface area contributed by atoms with Crippen molar-refractivity contribution in [3.8, 4) is 0 Å². The van der Waals surface area contributed by atoms with Crippen LogP contribution in [0, 0.1) is 5.92 Å². The molecule has 0 amide bonds. The van der Waals surface area contributed by atoms with Gasteiger partial charge in [0.05, 0.1) is 6.42 Å². The van der Waals surface area contributed by atoms with Gasteiger partial charge in [-0.25, -0.2) is 0 Å². The van der Waals surface area contributed by atoms with E-state index in [9.17, 15) is 4.79 Å². The van der Waals surface area contributed by atoms with Gasteiger partial charge in [-0.15, -0.1) is 0 Å². The van der Waals surface area contributed by atoms with Gasteiger partial charge in [0.25, 0.3) is 0 Å². The lowest BCUT2D eigenvalue weighted by Crippen LogP contribution is -2.37. The fourth-order valence-electron chi connectivity index (χ4n) is 2.06. The quantitative estimate of drug-likeness (QED) is 0.686. The molecule has 0 aromatic heterocycles. The zero-order valence-electron chi connectivity index (χ0n) is 9.54. The lowest BCUT2D eigenvalue weighted by Gasteiger charge is -2.28. The third-order valence-electron chi connectivity index (χ3n) is 3.06. The minimum atomic E-state index is -0.696. The van der Waals surface area contributed by atoms with E-state index in [-0.39, 0.29) is 6.42 Å². The van der Waals surface area contributed by atoms with Crippen LogP contribution in [0.5, 0.6) is 0 Å². The van der Waals surface area contributed by atoms with Gasteiger partial charge >= 0.3 is 5.97 Å². The van der Waals surface area contributed by atoms with E-state index < -0.39 is 5.97 Å². The monoisotopic (exact) mass is 214 g/mol. The summed E-state index contributed by atoms with van der Waals surface area (Å²) in [5.74, 6) is 0.0544. The van der Waals surface area contributed by atoms with Crippen LogP contribution in [-0.2, 0) is 4.79 Å². The van der Waals surface area contributed by atoms with Crippen LogP contribution in [0.4, 0.5) is 0 Å². The number of carboxylic acids is 1. The maximum atomic E-state index is 10.5. The molecule has 4 nitrogen and oxygen atoms in total. The predicted molar refractivity (Wildman–Crippen MR) is 60.0 cm³/mol. The molecule has 1 aliphatic heterocycles. The maximum Gasteiger partial charge on any atom is 0.304 e. The van der Waals surface area contributed by atoms with Gasteiger partial charge < -0.3 is 15.3 Å². The Morgan fingerprint density at radius 1 is 1.47 bits per heavy atom. The first-order valence-corrected chi connectivity index (χ1v) is 5.87. The van der Waals surface area contributed by atoms with Crippen molar-refractivity contribution in [3.05, 3.63) is 0 Å². The van der Waals surface area contributed by atoms with E-state index in [1.165, 1.54) is 12.8 Å². The van der Waals surface area contributed by atoms with Crippen molar-refractivity contribution in [2.45, 2.75) is 26.2 Å². The first-order valence-electron chi connectivity index (χ1n) is 5.87. The molecule has 15 heavy (non-hydrogen) atoms. The molecule has 0 saturated carbocycles. The van der Waals surface area contributed by atoms with E-state index in [1.54, 1.807) is 0 Å². The summed E-state index contributed by atoms with van der Waals surface area (Å²) in [5.41, 5.74) is 0. The molecule has 0 bridgehead atoms. The molecular weight excluding hydrogens is 192 g/mol. The highest BCUT2D eigenvalue weighted by molar-refractivity contribution is 5.66. The molecule has 0 unspecified atom stereocenters. The second-order valence-electron chi connectivity index (χ2n) is 4.23. The average molecular weight is 214 g/mol. The van der Waals surface area contributed by atoms with Crippen LogP contribution in [0.2, 0.25) is 0 Å². The van der Waals surface area contributed by atoms with Gasteiger partial charge in [-0.3, -0.25) is 4.79 Å². The summed E-state index contributed by atoms with van der Waals surface area (Å²) in [6.07, 6.45) is 2.71. The molecule has 1 heterocycles. The van der Waals surface area contributed by atoms with E-state index in [1.807, 2.05) is 0 Å². The number of piperidine rings is 1. The third-order valence-corrected chi connectivity index (χ3v) is 3.06. The highest BCUT2D eigenvalue weighted by Gasteiger charge is 2.16. The normalized spacial score (nSPS) is 18.3. The van der Waals surface area contributed by atoms with Crippen molar-refractivity contribution in [2.75, 3.05) is 32.7 Å². The molecule has 0 aromatic rings. The molecule has 1 saturated heterocycles. The van der Waals surface area contributed by atoms with E-state index in [0.29, 0.717) is 6.54 Å². The Kier molecular flexibility index (Phi) is 5.65. The zero-order chi connectivity index (χ0) is 11.1. The molecule has 0 aliphatic carbocycles. The Morgan fingerprint density at radius 2 is 2.13 bits per heavy atom. The van der Waals surface area contributed by atoms with Crippen LogP contribution in [0.1, 0.15) is 26.2 Å². The molecule has 4 heteroatoms. The van der Waals surface area contributed by atoms with Crippen molar-refractivity contribution in [2.24, 2.45) is 5.92 Å². The van der Waals surface area contributed by atoms with E-state index in [2.05, 4.69) is 17.1 Å². The Hall–Kier alpha value is -0.610. The Bertz CT molecular complexity index is 191. The maximum absolute atomic E-state index is 10.5. The number of nitrogens with zero attached hydrogens (tertiary/aromatic N) is 1. The highest BCUT2D eigenvalue weighted by Crippen LogP contribution is 2.13. The van der Waals surface area contributed by atoms with E-state index in [4.69, 9.17) is 5.11 Å². The summed E-state index contributed by atoms with van der Waals surface area (Å²) >= 11 is 0. The number of hydrogen-bond donors (Lipinski definition) is 2. The van der Waals surface area contributed by atoms with Gasteiger partial charge in [0.1, 0.15) is 0 Å². The summed E-state index contributed by atoms with van der Waals surface area (Å²) < 4.78 is 0. The first-order chi connectivity index (χ1) is 7.22. The summed E-state index contributed by atoms with van der Waals surface area (Å²) in [6.45, 7) is 7.03. The van der Waals surface area contributed by atoms with Gasteiger partial charge in [-0.05, 0) is 38.4 Å². The van der Waals surface area contributed by atoms with Crippen molar-refractivity contribution < 1.29 is 9.90 Å². The topological polar surface area (TPSA) is 52.6 Å². The largest absolute Gasteiger partial charge is 0.481 e. The van der Waals surface area contributed by atoms with Gasteiger partial charge in [0.2, 0.25) is 0 Å². The number of nitrogens with one attached hydrogen (secondary N) is 1. The molecule has 1 rings (SSSR count). The molecule has 0 spiro atoms. The molecule has 2 N–H and O–H groups in total. The average Bonchev–Trinajstić information content (AvgIpc) is 2.25. The fourth-order valence-corrected chi connectivity index (χ4v) is 2.06. The van der Waals surface area contributed by atoms with Gasteiger partial charge in [0.15, 0.2) is 0 Å². The highest BCUT2D eigenvalue weighted by atomic mass is 16.4. The molecular formula is C11H22N2O2. The number of rotatable bonds is 6. The molecule has 0 atom stereocenters. The van der Waals surface area contributed by atoms with Crippen molar-refractivity contribution in [1.29, 1.82) is 0 Å². The predicted octanol–water partition coefficient (Wildman–Crippen LogP) is 0.783. The van der Waals surface area contributed by atoms with Crippen molar-refractivity contribution >= 4 is 5.97 Å². The SMILES string of the molecule is CCN(CCC(=O)O)CC1CCNCC1. The van der Waals surface area contributed by atoms with Crippen LogP contribution in [0.25, 0.3) is 0 Å². The molecule has 0 radical (unpaired) electrons. The van der Waals surface area contributed by atoms with Crippen molar-refractivity contribution in [3.63, 3.8) is 0 Å². The fraction of sp³-hybridized carbons (Fsp3) is 0.909. The lowest BCUT2D eigenvalue weighted by molar-refractivity contribution is -0.137. The Balaban J connectivity index is 2.22. The number of hydrogen-bond acceptors (Lipinski definition) is 3. The zero-order valence-corrected chi connectivity index (χ0v) is 9.54. The van der Waals surface area contributed by atoms with Gasteiger partial charge in [0, 0.05) is 13.1 Å². The van der Waals surface area contributed by atoms with E-state index in [0.717, 1.165) is 32.1 Å². The van der Waals surface area contributed by atoms with Crippen LogP contribution < -0.4 is 5.32 Å². The summed E-state index contributed by atoms with van der Waals surface area (Å²) in [4.78, 5) is 12.7. The molecule has 0 aromatic carbocycles. The second kappa shape index (κ2) is 6.80. The van der Waals surface area contributed by atoms with E-state index >= 15 is 0 Å². The molecule has 1 fully saturated rings. The molecule has 1 aliphatic rings. The second-order valence-corrected chi connectivity index (χ2v) is 4.23. The number of aliphatic carboxylic acids is 1. The standard InChI is InChI=1S/C11H22N2O2/c1-2-13(8-5-11(14)15)9-10-3-6-12-7-4-10/h10,12H,2-9H2,1H3,(H,14,15). The Morgan fingerprint density at radius 3 is 2.67 bits per heavy atom. The summed E-state index contributed by atoms with van der Waals surface area (Å²) in [7, 11) is 0. The smallest absolute Gasteiger partial charge is 0.304 e. The number of carbonyl (C=O) groups is 1. The molecule has 88 valence electrons. The van der Waals surface area contributed by atoms with Crippen LogP contribution in [-0.4, -0.2) is 48.7 Å².